The molecular weight excluding hydrogens is 246 g/mol. The smallest absolute Gasteiger partial charge is 0.339 e. The van der Waals surface area contributed by atoms with Gasteiger partial charge in [0.15, 0.2) is 0 Å². The van der Waals surface area contributed by atoms with Crippen LogP contribution in [0, 0.1) is 6.92 Å². The van der Waals surface area contributed by atoms with Crippen LogP contribution in [0.1, 0.15) is 11.1 Å². The van der Waals surface area contributed by atoms with E-state index in [1.54, 1.807) is 6.92 Å². The van der Waals surface area contributed by atoms with Gasteiger partial charge in [-0.1, -0.05) is 0 Å². The van der Waals surface area contributed by atoms with E-state index in [9.17, 15) is 9.90 Å². The van der Waals surface area contributed by atoms with Crippen molar-refractivity contribution in [3.05, 3.63) is 33.7 Å². The fraction of sp³-hybridized carbons (Fsp3) is 0.357. The first-order valence-corrected chi connectivity index (χ1v) is 5.92. The number of hydrogen-bond acceptors (Lipinski definition) is 5. The molecule has 0 radical (unpaired) electrons. The molecule has 0 saturated heterocycles. The van der Waals surface area contributed by atoms with Crippen molar-refractivity contribution in [3.63, 3.8) is 0 Å². The molecule has 0 amide bonds. The maximum atomic E-state index is 11.8. The summed E-state index contributed by atoms with van der Waals surface area (Å²) in [7, 11) is 5.37. The van der Waals surface area contributed by atoms with Crippen LogP contribution in [0.15, 0.2) is 21.3 Å². The summed E-state index contributed by atoms with van der Waals surface area (Å²) < 4.78 is 10.5. The van der Waals surface area contributed by atoms with Crippen LogP contribution >= 0.6 is 0 Å². The summed E-state index contributed by atoms with van der Waals surface area (Å²) in [5.41, 5.74) is 1.36. The van der Waals surface area contributed by atoms with Crippen LogP contribution in [0.5, 0.6) is 11.5 Å². The lowest BCUT2D eigenvalue weighted by atomic mass is 10.0. The first-order chi connectivity index (χ1) is 8.93. The van der Waals surface area contributed by atoms with E-state index in [4.69, 9.17) is 9.15 Å². The average molecular weight is 263 g/mol. The van der Waals surface area contributed by atoms with E-state index in [-0.39, 0.29) is 5.75 Å². The lowest BCUT2D eigenvalue weighted by Gasteiger charge is -2.16. The van der Waals surface area contributed by atoms with Crippen LogP contribution < -0.4 is 10.4 Å². The predicted molar refractivity (Wildman–Crippen MR) is 72.8 cm³/mol. The van der Waals surface area contributed by atoms with Crippen molar-refractivity contribution < 1.29 is 14.3 Å². The summed E-state index contributed by atoms with van der Waals surface area (Å²) in [4.78, 5) is 13.8. The van der Waals surface area contributed by atoms with Gasteiger partial charge in [0.2, 0.25) is 0 Å². The maximum absolute atomic E-state index is 11.8. The van der Waals surface area contributed by atoms with E-state index < -0.39 is 5.63 Å². The Labute approximate surface area is 111 Å². The van der Waals surface area contributed by atoms with Gasteiger partial charge in [0.05, 0.1) is 12.5 Å². The molecule has 0 atom stereocenters. The summed E-state index contributed by atoms with van der Waals surface area (Å²) in [5.74, 6) is 0.505. The molecule has 0 fully saturated rings. The minimum Gasteiger partial charge on any atom is -0.508 e. The van der Waals surface area contributed by atoms with E-state index in [2.05, 4.69) is 0 Å². The normalized spacial score (nSPS) is 11.2. The van der Waals surface area contributed by atoms with Crippen molar-refractivity contribution in [1.82, 2.24) is 4.90 Å². The highest BCUT2D eigenvalue weighted by Gasteiger charge is 2.16. The van der Waals surface area contributed by atoms with Gasteiger partial charge >= 0.3 is 5.63 Å². The standard InChI is InChI=1S/C14H17NO4/c1-8-10(7-15(2)3)13-11(18-4)5-9(16)6-12(13)19-14(8)17/h5-6,16H,7H2,1-4H3. The molecular formula is C14H17NO4. The van der Waals surface area contributed by atoms with Crippen molar-refractivity contribution in [2.75, 3.05) is 21.2 Å². The molecule has 1 aromatic heterocycles. The predicted octanol–water partition coefficient (Wildman–Crippen LogP) is 1.88. The quantitative estimate of drug-likeness (QED) is 0.857. The number of nitrogens with zero attached hydrogens (tertiary/aromatic N) is 1. The Kier molecular flexibility index (Phi) is 3.48. The number of hydrogen-bond donors (Lipinski definition) is 1. The van der Waals surface area contributed by atoms with Crippen LogP contribution in [-0.4, -0.2) is 31.2 Å². The molecule has 1 aromatic carbocycles. The molecule has 102 valence electrons. The van der Waals surface area contributed by atoms with Gasteiger partial charge in [-0.05, 0) is 26.6 Å². The van der Waals surface area contributed by atoms with Gasteiger partial charge in [0, 0.05) is 24.2 Å². The number of ether oxygens (including phenoxy) is 1. The Morgan fingerprint density at radius 1 is 1.37 bits per heavy atom. The zero-order chi connectivity index (χ0) is 14.2. The third-order valence-electron chi connectivity index (χ3n) is 3.01. The monoisotopic (exact) mass is 263 g/mol. The van der Waals surface area contributed by atoms with Gasteiger partial charge in [-0.15, -0.1) is 0 Å². The summed E-state index contributed by atoms with van der Waals surface area (Å²) >= 11 is 0. The molecule has 0 bridgehead atoms. The zero-order valence-electron chi connectivity index (χ0n) is 11.5. The number of phenolic OH excluding ortho intramolecular Hbond substituents is 1. The van der Waals surface area contributed by atoms with Crippen molar-refractivity contribution in [2.24, 2.45) is 0 Å². The van der Waals surface area contributed by atoms with Crippen LogP contribution in [0.2, 0.25) is 0 Å². The third kappa shape index (κ3) is 2.42. The molecule has 0 saturated carbocycles. The molecule has 1 heterocycles. The largest absolute Gasteiger partial charge is 0.508 e. The van der Waals surface area contributed by atoms with Gasteiger partial charge in [-0.25, -0.2) is 4.79 Å². The lowest BCUT2D eigenvalue weighted by Crippen LogP contribution is -2.16. The summed E-state index contributed by atoms with van der Waals surface area (Å²) in [6.45, 7) is 2.32. The van der Waals surface area contributed by atoms with Gasteiger partial charge in [0.1, 0.15) is 17.1 Å². The minimum atomic E-state index is -0.392. The Balaban J connectivity index is 2.89. The Bertz CT molecular complexity index is 673. The topological polar surface area (TPSA) is 62.9 Å². The van der Waals surface area contributed by atoms with Crippen LogP contribution in [-0.2, 0) is 6.54 Å². The van der Waals surface area contributed by atoms with E-state index in [0.717, 1.165) is 10.9 Å². The molecule has 1 N–H and O–H groups in total. The van der Waals surface area contributed by atoms with E-state index in [1.807, 2.05) is 19.0 Å². The number of fused-ring (bicyclic) bond motifs is 1. The van der Waals surface area contributed by atoms with Crippen molar-refractivity contribution in [3.8, 4) is 11.5 Å². The second-order valence-electron chi connectivity index (χ2n) is 4.75. The first kappa shape index (κ1) is 13.4. The van der Waals surface area contributed by atoms with Gasteiger partial charge in [-0.3, -0.25) is 0 Å². The fourth-order valence-corrected chi connectivity index (χ4v) is 2.12. The molecule has 0 aliphatic rings. The number of methoxy groups -OCH3 is 1. The zero-order valence-corrected chi connectivity index (χ0v) is 11.5. The van der Waals surface area contributed by atoms with Crippen molar-refractivity contribution >= 4 is 11.0 Å². The van der Waals surface area contributed by atoms with E-state index in [1.165, 1.54) is 19.2 Å². The molecule has 2 rings (SSSR count). The first-order valence-electron chi connectivity index (χ1n) is 5.92. The SMILES string of the molecule is COc1cc(O)cc2oc(=O)c(C)c(CN(C)C)c12. The second-order valence-corrected chi connectivity index (χ2v) is 4.75. The number of benzene rings is 1. The Morgan fingerprint density at radius 2 is 2.05 bits per heavy atom. The van der Waals surface area contributed by atoms with Gasteiger partial charge in [-0.2, -0.15) is 0 Å². The second kappa shape index (κ2) is 4.93. The highest BCUT2D eigenvalue weighted by atomic mass is 16.5. The molecule has 0 unspecified atom stereocenters. The van der Waals surface area contributed by atoms with Crippen molar-refractivity contribution in [1.29, 1.82) is 0 Å². The minimum absolute atomic E-state index is 0.00663. The van der Waals surface area contributed by atoms with Crippen molar-refractivity contribution in [2.45, 2.75) is 13.5 Å². The molecule has 19 heavy (non-hydrogen) atoms. The van der Waals surface area contributed by atoms with E-state index in [0.29, 0.717) is 23.4 Å². The Hall–Kier alpha value is -2.01. The summed E-state index contributed by atoms with van der Waals surface area (Å²) in [6.07, 6.45) is 0. The Morgan fingerprint density at radius 3 is 2.63 bits per heavy atom. The molecule has 0 spiro atoms. The van der Waals surface area contributed by atoms with Crippen LogP contribution in [0.3, 0.4) is 0 Å². The number of aromatic hydroxyl groups is 1. The number of rotatable bonds is 3. The van der Waals surface area contributed by atoms with Gasteiger partial charge < -0.3 is 19.2 Å². The average Bonchev–Trinajstić information content (AvgIpc) is 2.33. The fourth-order valence-electron chi connectivity index (χ4n) is 2.12. The molecule has 0 aliphatic heterocycles. The summed E-state index contributed by atoms with van der Waals surface area (Å²) in [6, 6.07) is 2.94. The molecule has 0 aliphatic carbocycles. The lowest BCUT2D eigenvalue weighted by molar-refractivity contribution is 0.394. The molecule has 2 aromatic rings. The van der Waals surface area contributed by atoms with Gasteiger partial charge in [0.25, 0.3) is 0 Å². The third-order valence-corrected chi connectivity index (χ3v) is 3.01. The molecule has 5 heteroatoms. The maximum Gasteiger partial charge on any atom is 0.339 e. The number of phenols is 1. The van der Waals surface area contributed by atoms with E-state index >= 15 is 0 Å². The molecule has 5 nitrogen and oxygen atoms in total. The highest BCUT2D eigenvalue weighted by Crippen LogP contribution is 2.33. The van der Waals surface area contributed by atoms with Crippen LogP contribution in [0.25, 0.3) is 11.0 Å². The van der Waals surface area contributed by atoms with Crippen LogP contribution in [0.4, 0.5) is 0 Å². The summed E-state index contributed by atoms with van der Waals surface area (Å²) in [5, 5.41) is 10.4. The highest BCUT2D eigenvalue weighted by molar-refractivity contribution is 5.89.